The average Bonchev–Trinajstić information content (AvgIpc) is 2.84. The lowest BCUT2D eigenvalue weighted by molar-refractivity contribution is 0.303. The van der Waals surface area contributed by atoms with Crippen LogP contribution in [0, 0.1) is 23.4 Å². The van der Waals surface area contributed by atoms with Crippen molar-refractivity contribution in [3.8, 4) is 28.0 Å². The third-order valence-electron chi connectivity index (χ3n) is 7.26. The van der Waals surface area contributed by atoms with Crippen LogP contribution in [-0.2, 0) is 0 Å². The van der Waals surface area contributed by atoms with Crippen molar-refractivity contribution in [1.29, 1.82) is 0 Å². The molecule has 4 heteroatoms. The fourth-order valence-electron chi connectivity index (χ4n) is 5.25. The minimum Gasteiger partial charge on any atom is -0.491 e. The first kappa shape index (κ1) is 24.4. The second-order valence-corrected chi connectivity index (χ2v) is 9.50. The summed E-state index contributed by atoms with van der Waals surface area (Å²) in [6.45, 7) is 2.26. The molecule has 180 valence electrons. The lowest BCUT2D eigenvalue weighted by atomic mass is 9.77. The standard InChI is InChI=1S/C30H33F3O/c1-3-4-5-6-20-7-9-21(10-8-20)22-11-13-23(14-12-22)24-15-16-26(27(31)17-24)25-18-28(32)30(34-2)29(33)19-25/h11-21H,3-10H2,1-2H3. The van der Waals surface area contributed by atoms with Crippen molar-refractivity contribution in [2.24, 2.45) is 5.92 Å². The molecule has 0 atom stereocenters. The number of hydrogen-bond donors (Lipinski definition) is 0. The van der Waals surface area contributed by atoms with Gasteiger partial charge in [-0.05, 0) is 78.0 Å². The third-order valence-corrected chi connectivity index (χ3v) is 7.26. The predicted octanol–water partition coefficient (Wildman–Crippen LogP) is 9.30. The molecule has 0 radical (unpaired) electrons. The van der Waals surface area contributed by atoms with Crippen LogP contribution in [0.25, 0.3) is 22.3 Å². The van der Waals surface area contributed by atoms with E-state index in [4.69, 9.17) is 4.74 Å². The van der Waals surface area contributed by atoms with E-state index in [1.807, 2.05) is 12.1 Å². The number of halogens is 3. The van der Waals surface area contributed by atoms with Crippen LogP contribution in [0.15, 0.2) is 54.6 Å². The molecule has 4 rings (SSSR count). The van der Waals surface area contributed by atoms with Gasteiger partial charge in [0, 0.05) is 5.56 Å². The Balaban J connectivity index is 1.44. The van der Waals surface area contributed by atoms with E-state index in [1.165, 1.54) is 70.1 Å². The molecule has 0 N–H and O–H groups in total. The number of ether oxygens (including phenoxy) is 1. The highest BCUT2D eigenvalue weighted by Crippen LogP contribution is 2.38. The number of benzene rings is 3. The Morgan fingerprint density at radius 2 is 1.35 bits per heavy atom. The first-order valence-electron chi connectivity index (χ1n) is 12.4. The van der Waals surface area contributed by atoms with E-state index < -0.39 is 23.2 Å². The Morgan fingerprint density at radius 1 is 0.735 bits per heavy atom. The molecule has 1 nitrogen and oxygen atoms in total. The average molecular weight is 467 g/mol. The maximum atomic E-state index is 14.9. The van der Waals surface area contributed by atoms with E-state index in [-0.39, 0.29) is 11.1 Å². The fourth-order valence-corrected chi connectivity index (χ4v) is 5.25. The van der Waals surface area contributed by atoms with Crippen LogP contribution < -0.4 is 4.74 Å². The van der Waals surface area contributed by atoms with E-state index in [2.05, 4.69) is 19.1 Å². The van der Waals surface area contributed by atoms with Gasteiger partial charge >= 0.3 is 0 Å². The Kier molecular flexibility index (Phi) is 7.97. The Hall–Kier alpha value is -2.75. The second-order valence-electron chi connectivity index (χ2n) is 9.50. The molecule has 1 saturated carbocycles. The SMILES string of the molecule is CCCCCC1CCC(c2ccc(-c3ccc(-c4cc(F)c(OC)c(F)c4)c(F)c3)cc2)CC1. The first-order valence-corrected chi connectivity index (χ1v) is 12.4. The number of unbranched alkanes of at least 4 members (excludes halogenated alkanes) is 2. The van der Waals surface area contributed by atoms with E-state index in [0.717, 1.165) is 29.2 Å². The summed E-state index contributed by atoms with van der Waals surface area (Å²) in [6.07, 6.45) is 10.5. The topological polar surface area (TPSA) is 9.23 Å². The lowest BCUT2D eigenvalue weighted by Crippen LogP contribution is -2.13. The molecule has 1 aliphatic carbocycles. The van der Waals surface area contributed by atoms with Gasteiger partial charge in [-0.25, -0.2) is 13.2 Å². The summed E-state index contributed by atoms with van der Waals surface area (Å²) >= 11 is 0. The normalized spacial score (nSPS) is 18.1. The molecule has 0 unspecified atom stereocenters. The van der Waals surface area contributed by atoms with Crippen LogP contribution >= 0.6 is 0 Å². The number of methoxy groups -OCH3 is 1. The second kappa shape index (κ2) is 11.1. The van der Waals surface area contributed by atoms with Crippen molar-refractivity contribution in [3.63, 3.8) is 0 Å². The summed E-state index contributed by atoms with van der Waals surface area (Å²) in [5.74, 6) is -1.21. The van der Waals surface area contributed by atoms with E-state index in [0.29, 0.717) is 5.92 Å². The minimum absolute atomic E-state index is 0.139. The van der Waals surface area contributed by atoms with Gasteiger partial charge in [0.25, 0.3) is 0 Å². The zero-order valence-corrected chi connectivity index (χ0v) is 20.0. The largest absolute Gasteiger partial charge is 0.491 e. The maximum Gasteiger partial charge on any atom is 0.190 e. The quantitative estimate of drug-likeness (QED) is 0.301. The Bertz CT molecular complexity index is 1080. The fraction of sp³-hybridized carbons (Fsp3) is 0.400. The highest BCUT2D eigenvalue weighted by molar-refractivity contribution is 5.71. The third kappa shape index (κ3) is 5.48. The molecule has 0 aliphatic heterocycles. The molecule has 0 aromatic heterocycles. The van der Waals surface area contributed by atoms with Crippen LogP contribution in [0.3, 0.4) is 0 Å². The van der Waals surface area contributed by atoms with Crippen molar-refractivity contribution in [2.75, 3.05) is 7.11 Å². The smallest absolute Gasteiger partial charge is 0.190 e. The predicted molar refractivity (Wildman–Crippen MR) is 133 cm³/mol. The van der Waals surface area contributed by atoms with Gasteiger partial charge in [0.15, 0.2) is 17.4 Å². The molecule has 1 aliphatic rings. The van der Waals surface area contributed by atoms with Gasteiger partial charge in [0.05, 0.1) is 7.11 Å². The van der Waals surface area contributed by atoms with Gasteiger partial charge < -0.3 is 4.74 Å². The summed E-state index contributed by atoms with van der Waals surface area (Å²) in [4.78, 5) is 0. The lowest BCUT2D eigenvalue weighted by Gasteiger charge is -2.29. The summed E-state index contributed by atoms with van der Waals surface area (Å²) in [5.41, 5.74) is 3.31. The van der Waals surface area contributed by atoms with Crippen molar-refractivity contribution in [2.45, 2.75) is 64.2 Å². The van der Waals surface area contributed by atoms with Crippen molar-refractivity contribution in [1.82, 2.24) is 0 Å². The Morgan fingerprint density at radius 3 is 1.94 bits per heavy atom. The van der Waals surface area contributed by atoms with Gasteiger partial charge in [0.1, 0.15) is 5.82 Å². The molecule has 34 heavy (non-hydrogen) atoms. The highest BCUT2D eigenvalue weighted by atomic mass is 19.1. The zero-order chi connectivity index (χ0) is 24.1. The molecular weight excluding hydrogens is 433 g/mol. The molecule has 0 amide bonds. The van der Waals surface area contributed by atoms with E-state index >= 15 is 0 Å². The zero-order valence-electron chi connectivity index (χ0n) is 20.0. The molecular formula is C30H33F3O. The molecule has 3 aromatic rings. The van der Waals surface area contributed by atoms with Gasteiger partial charge in [-0.1, -0.05) is 69.0 Å². The highest BCUT2D eigenvalue weighted by Gasteiger charge is 2.22. The molecule has 0 spiro atoms. The van der Waals surface area contributed by atoms with Crippen molar-refractivity contribution < 1.29 is 17.9 Å². The minimum atomic E-state index is -0.855. The summed E-state index contributed by atoms with van der Waals surface area (Å²) in [5, 5.41) is 0. The van der Waals surface area contributed by atoms with E-state index in [9.17, 15) is 13.2 Å². The molecule has 1 fully saturated rings. The molecule has 0 saturated heterocycles. The summed E-state index contributed by atoms with van der Waals surface area (Å²) in [7, 11) is 1.20. The van der Waals surface area contributed by atoms with Gasteiger partial charge in [-0.3, -0.25) is 0 Å². The first-order chi connectivity index (χ1) is 16.5. The van der Waals surface area contributed by atoms with Gasteiger partial charge in [-0.2, -0.15) is 0 Å². The van der Waals surface area contributed by atoms with Crippen LogP contribution in [0.2, 0.25) is 0 Å². The monoisotopic (exact) mass is 466 g/mol. The Labute approximate surface area is 201 Å². The summed E-state index contributed by atoms with van der Waals surface area (Å²) < 4.78 is 47.8. The van der Waals surface area contributed by atoms with Gasteiger partial charge in [-0.15, -0.1) is 0 Å². The van der Waals surface area contributed by atoms with Crippen LogP contribution in [0.4, 0.5) is 13.2 Å². The van der Waals surface area contributed by atoms with Gasteiger partial charge in [0.2, 0.25) is 0 Å². The van der Waals surface area contributed by atoms with Crippen LogP contribution in [0.1, 0.15) is 69.8 Å². The molecule has 3 aromatic carbocycles. The molecule has 0 bridgehead atoms. The van der Waals surface area contributed by atoms with Crippen LogP contribution in [0.5, 0.6) is 5.75 Å². The van der Waals surface area contributed by atoms with Crippen molar-refractivity contribution >= 4 is 0 Å². The van der Waals surface area contributed by atoms with Crippen LogP contribution in [-0.4, -0.2) is 7.11 Å². The van der Waals surface area contributed by atoms with E-state index in [1.54, 1.807) is 12.1 Å². The number of hydrogen-bond acceptors (Lipinski definition) is 1. The number of rotatable bonds is 8. The maximum absolute atomic E-state index is 14.9. The summed E-state index contributed by atoms with van der Waals surface area (Å²) in [6, 6.07) is 15.4. The van der Waals surface area contributed by atoms with Crippen molar-refractivity contribution in [3.05, 3.63) is 77.6 Å². The molecule has 0 heterocycles.